The topological polar surface area (TPSA) is 75.7 Å². The second-order valence-corrected chi connectivity index (χ2v) is 8.03. The molecule has 11 heteroatoms. The number of rotatable bonds is 7. The summed E-state index contributed by atoms with van der Waals surface area (Å²) in [7, 11) is -4.19. The van der Waals surface area contributed by atoms with E-state index in [-0.39, 0.29) is 16.9 Å². The number of likely N-dealkylation sites (tertiary alicyclic amines) is 1. The molecule has 1 heterocycles. The van der Waals surface area contributed by atoms with E-state index in [9.17, 15) is 26.4 Å². The van der Waals surface area contributed by atoms with E-state index in [1.807, 2.05) is 0 Å². The molecule has 1 fully saturated rings. The zero-order valence-corrected chi connectivity index (χ0v) is 15.4. The maximum atomic E-state index is 12.5. The van der Waals surface area contributed by atoms with Crippen molar-refractivity contribution >= 4 is 31.9 Å². The van der Waals surface area contributed by atoms with Crippen LogP contribution >= 0.6 is 15.9 Å². The van der Waals surface area contributed by atoms with E-state index in [0.29, 0.717) is 25.9 Å². The van der Waals surface area contributed by atoms with Crippen molar-refractivity contribution in [2.24, 2.45) is 0 Å². The summed E-state index contributed by atoms with van der Waals surface area (Å²) < 4.78 is 68.2. The Morgan fingerprint density at radius 2 is 2.04 bits per heavy atom. The minimum Gasteiger partial charge on any atom is -0.404 e. The summed E-state index contributed by atoms with van der Waals surface area (Å²) in [6, 6.07) is 3.27. The molecule has 1 aliphatic heterocycles. The second kappa shape index (κ2) is 7.92. The van der Waals surface area contributed by atoms with Gasteiger partial charge < -0.3 is 9.64 Å². The van der Waals surface area contributed by atoms with E-state index < -0.39 is 27.0 Å². The molecule has 1 aromatic rings. The molecule has 0 bridgehead atoms. The van der Waals surface area contributed by atoms with Crippen LogP contribution in [0.3, 0.4) is 0 Å². The number of benzene rings is 1. The molecule has 140 valence electrons. The minimum absolute atomic E-state index is 0.00631. The Hall–Kier alpha value is -1.33. The first-order valence-electron chi connectivity index (χ1n) is 7.41. The first-order valence-corrected chi connectivity index (χ1v) is 9.69. The fourth-order valence-corrected chi connectivity index (χ4v) is 3.92. The van der Waals surface area contributed by atoms with Crippen LogP contribution in [0.2, 0.25) is 0 Å². The molecule has 0 atom stereocenters. The van der Waals surface area contributed by atoms with E-state index >= 15 is 0 Å². The molecule has 0 aliphatic carbocycles. The van der Waals surface area contributed by atoms with Gasteiger partial charge in [-0.3, -0.25) is 4.79 Å². The smallest absolute Gasteiger partial charge is 0.404 e. The highest BCUT2D eigenvalue weighted by atomic mass is 79.9. The van der Waals surface area contributed by atoms with Crippen LogP contribution in [0.25, 0.3) is 0 Å². The summed E-state index contributed by atoms with van der Waals surface area (Å²) in [6.45, 7) is 1.03. The van der Waals surface area contributed by atoms with Crippen molar-refractivity contribution in [3.05, 3.63) is 22.7 Å². The van der Waals surface area contributed by atoms with Crippen molar-refractivity contribution in [3.63, 3.8) is 0 Å². The first-order chi connectivity index (χ1) is 11.6. The van der Waals surface area contributed by atoms with Crippen LogP contribution < -0.4 is 9.46 Å². The number of halogens is 4. The summed E-state index contributed by atoms with van der Waals surface area (Å²) >= 11 is 2.98. The molecule has 0 spiro atoms. The number of hydrogen-bond donors (Lipinski definition) is 1. The monoisotopic (exact) mass is 444 g/mol. The standard InChI is InChI=1S/C14H16BrF3N2O4S/c15-10-4-5-12(11(9-10)24-14(16,17)18)25(22,23)19-6-2-8-20-7-1-3-13(20)21/h4-5,9,19H,1-3,6-8H2. The summed E-state index contributed by atoms with van der Waals surface area (Å²) in [5.74, 6) is -0.791. The molecular weight excluding hydrogens is 429 g/mol. The third-order valence-corrected chi connectivity index (χ3v) is 5.48. The van der Waals surface area contributed by atoms with Crippen molar-refractivity contribution in [2.75, 3.05) is 19.6 Å². The first kappa shape index (κ1) is 20.0. The largest absolute Gasteiger partial charge is 0.573 e. The Kier molecular flexibility index (Phi) is 6.33. The van der Waals surface area contributed by atoms with Crippen molar-refractivity contribution in [1.29, 1.82) is 0 Å². The molecule has 1 N–H and O–H groups in total. The summed E-state index contributed by atoms with van der Waals surface area (Å²) in [6.07, 6.45) is -3.39. The number of ether oxygens (including phenoxy) is 1. The van der Waals surface area contributed by atoms with Gasteiger partial charge >= 0.3 is 6.36 Å². The zero-order chi connectivity index (χ0) is 18.7. The number of sulfonamides is 1. The molecule has 25 heavy (non-hydrogen) atoms. The van der Waals surface area contributed by atoms with Crippen LogP contribution in [0, 0.1) is 0 Å². The molecule has 1 aliphatic rings. The van der Waals surface area contributed by atoms with Crippen LogP contribution in [-0.4, -0.2) is 45.2 Å². The van der Waals surface area contributed by atoms with Crippen LogP contribution in [0.4, 0.5) is 13.2 Å². The Morgan fingerprint density at radius 3 is 2.64 bits per heavy atom. The highest BCUT2D eigenvalue weighted by molar-refractivity contribution is 9.10. The van der Waals surface area contributed by atoms with Crippen LogP contribution in [0.1, 0.15) is 19.3 Å². The molecule has 1 amide bonds. The quantitative estimate of drug-likeness (QED) is 0.655. The summed E-state index contributed by atoms with van der Waals surface area (Å²) in [5, 5.41) is 0. The van der Waals surface area contributed by atoms with Gasteiger partial charge in [-0.1, -0.05) is 15.9 Å². The van der Waals surface area contributed by atoms with E-state index in [0.717, 1.165) is 18.6 Å². The Morgan fingerprint density at radius 1 is 1.32 bits per heavy atom. The highest BCUT2D eigenvalue weighted by Crippen LogP contribution is 2.32. The molecule has 6 nitrogen and oxygen atoms in total. The predicted molar refractivity (Wildman–Crippen MR) is 86.4 cm³/mol. The molecule has 1 saturated heterocycles. The van der Waals surface area contributed by atoms with Gasteiger partial charge in [0.1, 0.15) is 4.90 Å². The summed E-state index contributed by atoms with van der Waals surface area (Å²) in [4.78, 5) is 12.5. The average molecular weight is 445 g/mol. The fourth-order valence-electron chi connectivity index (χ4n) is 2.40. The van der Waals surface area contributed by atoms with Gasteiger partial charge in [0.15, 0.2) is 5.75 Å². The number of carbonyl (C=O) groups is 1. The lowest BCUT2D eigenvalue weighted by molar-refractivity contribution is -0.275. The number of carbonyl (C=O) groups excluding carboxylic acids is 1. The van der Waals surface area contributed by atoms with Crippen molar-refractivity contribution in [1.82, 2.24) is 9.62 Å². The van der Waals surface area contributed by atoms with E-state index in [2.05, 4.69) is 25.4 Å². The predicted octanol–water partition coefficient (Wildman–Crippen LogP) is 2.64. The van der Waals surface area contributed by atoms with Gasteiger partial charge in [-0.15, -0.1) is 13.2 Å². The van der Waals surface area contributed by atoms with Crippen molar-refractivity contribution in [2.45, 2.75) is 30.5 Å². The van der Waals surface area contributed by atoms with Gasteiger partial charge in [-0.2, -0.15) is 0 Å². The maximum Gasteiger partial charge on any atom is 0.573 e. The van der Waals surface area contributed by atoms with Crippen molar-refractivity contribution < 1.29 is 31.1 Å². The van der Waals surface area contributed by atoms with E-state index in [4.69, 9.17) is 0 Å². The van der Waals surface area contributed by atoms with Gasteiger partial charge in [0, 0.05) is 30.5 Å². The molecule has 0 aromatic heterocycles. The fraction of sp³-hybridized carbons (Fsp3) is 0.500. The van der Waals surface area contributed by atoms with Crippen LogP contribution in [-0.2, 0) is 14.8 Å². The van der Waals surface area contributed by atoms with Gasteiger partial charge in [0.2, 0.25) is 15.9 Å². The lowest BCUT2D eigenvalue weighted by Gasteiger charge is -2.16. The molecule has 1 aromatic carbocycles. The number of nitrogens with zero attached hydrogens (tertiary/aromatic N) is 1. The number of amides is 1. The third kappa shape index (κ3) is 5.86. The molecular formula is C14H16BrF3N2O4S. The average Bonchev–Trinajstić information content (AvgIpc) is 2.87. The minimum atomic E-state index is -5.01. The second-order valence-electron chi connectivity index (χ2n) is 5.37. The van der Waals surface area contributed by atoms with Gasteiger partial charge in [0.05, 0.1) is 0 Å². The number of alkyl halides is 3. The molecule has 0 saturated carbocycles. The van der Waals surface area contributed by atoms with Crippen LogP contribution in [0.15, 0.2) is 27.6 Å². The SMILES string of the molecule is O=C1CCCN1CCCNS(=O)(=O)c1ccc(Br)cc1OC(F)(F)F. The molecule has 2 rings (SSSR count). The van der Waals surface area contributed by atoms with Gasteiger partial charge in [0.25, 0.3) is 0 Å². The van der Waals surface area contributed by atoms with Crippen molar-refractivity contribution in [3.8, 4) is 5.75 Å². The van der Waals surface area contributed by atoms with E-state index in [1.54, 1.807) is 4.90 Å². The summed E-state index contributed by atoms with van der Waals surface area (Å²) in [5.41, 5.74) is 0. The Labute approximate surface area is 151 Å². The molecule has 0 radical (unpaired) electrons. The van der Waals surface area contributed by atoms with Gasteiger partial charge in [-0.05, 0) is 31.0 Å². The Balaban J connectivity index is 2.02. The number of hydrogen-bond acceptors (Lipinski definition) is 4. The van der Waals surface area contributed by atoms with Crippen LogP contribution in [0.5, 0.6) is 5.75 Å². The van der Waals surface area contributed by atoms with E-state index in [1.165, 1.54) is 6.07 Å². The Bertz CT molecular complexity index is 740. The lowest BCUT2D eigenvalue weighted by Crippen LogP contribution is -2.31. The highest BCUT2D eigenvalue weighted by Gasteiger charge is 2.34. The van der Waals surface area contributed by atoms with Gasteiger partial charge in [-0.25, -0.2) is 13.1 Å². The maximum absolute atomic E-state index is 12.5. The normalized spacial score (nSPS) is 15.7. The number of nitrogens with one attached hydrogen (secondary N) is 1. The third-order valence-electron chi connectivity index (χ3n) is 3.49. The molecule has 0 unspecified atom stereocenters. The zero-order valence-electron chi connectivity index (χ0n) is 13.0. The lowest BCUT2D eigenvalue weighted by atomic mass is 10.3.